The predicted molar refractivity (Wildman–Crippen MR) is 85.5 cm³/mol. The Morgan fingerprint density at radius 2 is 2.24 bits per heavy atom. The number of benzene rings is 1. The SMILES string of the molecule is CCCCNCCC(O)c1ccc2c(c1)CCN2C(C)=O. The van der Waals surface area contributed by atoms with E-state index in [1.807, 2.05) is 12.1 Å². The summed E-state index contributed by atoms with van der Waals surface area (Å²) in [4.78, 5) is 13.3. The summed E-state index contributed by atoms with van der Waals surface area (Å²) in [6, 6.07) is 5.96. The molecule has 1 heterocycles. The van der Waals surface area contributed by atoms with E-state index in [0.717, 1.165) is 43.7 Å². The molecule has 1 aliphatic rings. The van der Waals surface area contributed by atoms with Crippen molar-refractivity contribution < 1.29 is 9.90 Å². The molecule has 0 aromatic heterocycles. The molecule has 0 fully saturated rings. The summed E-state index contributed by atoms with van der Waals surface area (Å²) in [6.07, 6.45) is 3.53. The van der Waals surface area contributed by atoms with Crippen LogP contribution in [0.15, 0.2) is 18.2 Å². The average Bonchev–Trinajstić information content (AvgIpc) is 2.90. The van der Waals surface area contributed by atoms with Gasteiger partial charge in [-0.3, -0.25) is 4.79 Å². The zero-order chi connectivity index (χ0) is 15.2. The third-order valence-electron chi connectivity index (χ3n) is 4.07. The van der Waals surface area contributed by atoms with E-state index in [1.54, 1.807) is 11.8 Å². The first-order chi connectivity index (χ1) is 10.1. The Morgan fingerprint density at radius 3 is 2.95 bits per heavy atom. The van der Waals surface area contributed by atoms with Crippen LogP contribution < -0.4 is 10.2 Å². The Labute approximate surface area is 127 Å². The Morgan fingerprint density at radius 1 is 1.43 bits per heavy atom. The van der Waals surface area contributed by atoms with E-state index >= 15 is 0 Å². The second kappa shape index (κ2) is 7.57. The topological polar surface area (TPSA) is 52.6 Å². The first-order valence-corrected chi connectivity index (χ1v) is 7.93. The Kier molecular flexibility index (Phi) is 5.76. The van der Waals surface area contributed by atoms with E-state index in [9.17, 15) is 9.90 Å². The fraction of sp³-hybridized carbons (Fsp3) is 0.588. The molecule has 2 N–H and O–H groups in total. The van der Waals surface area contributed by atoms with Gasteiger partial charge in [0.15, 0.2) is 0 Å². The number of nitrogens with one attached hydrogen (secondary N) is 1. The maximum atomic E-state index is 11.5. The van der Waals surface area contributed by atoms with Gasteiger partial charge in [-0.1, -0.05) is 25.5 Å². The van der Waals surface area contributed by atoms with E-state index in [-0.39, 0.29) is 5.91 Å². The highest BCUT2D eigenvalue weighted by molar-refractivity contribution is 5.93. The van der Waals surface area contributed by atoms with Gasteiger partial charge in [0, 0.05) is 19.2 Å². The van der Waals surface area contributed by atoms with Crippen molar-refractivity contribution in [3.63, 3.8) is 0 Å². The lowest BCUT2D eigenvalue weighted by molar-refractivity contribution is -0.116. The van der Waals surface area contributed by atoms with Crippen LogP contribution in [0.5, 0.6) is 0 Å². The van der Waals surface area contributed by atoms with Crippen LogP contribution in [0.25, 0.3) is 0 Å². The number of aliphatic hydroxyl groups is 1. The van der Waals surface area contributed by atoms with Crippen molar-refractivity contribution >= 4 is 11.6 Å². The molecule has 116 valence electrons. The van der Waals surface area contributed by atoms with Crippen molar-refractivity contribution in [3.05, 3.63) is 29.3 Å². The van der Waals surface area contributed by atoms with Gasteiger partial charge in [0.25, 0.3) is 0 Å². The maximum absolute atomic E-state index is 11.5. The van der Waals surface area contributed by atoms with Crippen molar-refractivity contribution in [2.75, 3.05) is 24.5 Å². The largest absolute Gasteiger partial charge is 0.388 e. The van der Waals surface area contributed by atoms with Gasteiger partial charge in [0.2, 0.25) is 5.91 Å². The molecule has 1 unspecified atom stereocenters. The van der Waals surface area contributed by atoms with Crippen molar-refractivity contribution in [1.29, 1.82) is 0 Å². The van der Waals surface area contributed by atoms with Gasteiger partial charge in [-0.2, -0.15) is 0 Å². The van der Waals surface area contributed by atoms with Crippen LogP contribution in [0.4, 0.5) is 5.69 Å². The highest BCUT2D eigenvalue weighted by atomic mass is 16.3. The molecule has 2 rings (SSSR count). The molecule has 1 aromatic rings. The Bertz CT molecular complexity index is 488. The summed E-state index contributed by atoms with van der Waals surface area (Å²) < 4.78 is 0. The van der Waals surface area contributed by atoms with E-state index < -0.39 is 6.10 Å². The molecular formula is C17H26N2O2. The van der Waals surface area contributed by atoms with Gasteiger partial charge in [-0.25, -0.2) is 0 Å². The summed E-state index contributed by atoms with van der Waals surface area (Å²) in [5.74, 6) is 0.0853. The summed E-state index contributed by atoms with van der Waals surface area (Å²) >= 11 is 0. The van der Waals surface area contributed by atoms with E-state index in [0.29, 0.717) is 0 Å². The molecule has 21 heavy (non-hydrogen) atoms. The zero-order valence-corrected chi connectivity index (χ0v) is 13.1. The molecule has 0 radical (unpaired) electrons. The molecule has 4 heteroatoms. The lowest BCUT2D eigenvalue weighted by Crippen LogP contribution is -2.25. The fourth-order valence-corrected chi connectivity index (χ4v) is 2.79. The number of nitrogens with zero attached hydrogens (tertiary/aromatic N) is 1. The quantitative estimate of drug-likeness (QED) is 0.758. The number of rotatable bonds is 7. The lowest BCUT2D eigenvalue weighted by Gasteiger charge is -2.16. The van der Waals surface area contributed by atoms with Crippen LogP contribution in [0.2, 0.25) is 0 Å². The summed E-state index contributed by atoms with van der Waals surface area (Å²) in [6.45, 7) is 6.37. The third kappa shape index (κ3) is 4.05. The number of fused-ring (bicyclic) bond motifs is 1. The molecule has 1 amide bonds. The van der Waals surface area contributed by atoms with Crippen molar-refractivity contribution in [1.82, 2.24) is 5.32 Å². The van der Waals surface area contributed by atoms with Gasteiger partial charge in [0.1, 0.15) is 0 Å². The van der Waals surface area contributed by atoms with Crippen molar-refractivity contribution in [3.8, 4) is 0 Å². The predicted octanol–water partition coefficient (Wildman–Crippen LogP) is 2.41. The van der Waals surface area contributed by atoms with E-state index in [2.05, 4.69) is 18.3 Å². The van der Waals surface area contributed by atoms with Gasteiger partial charge in [-0.05, 0) is 49.5 Å². The van der Waals surface area contributed by atoms with Crippen molar-refractivity contribution in [2.45, 2.75) is 45.6 Å². The van der Waals surface area contributed by atoms with Gasteiger partial charge in [0.05, 0.1) is 6.10 Å². The molecule has 0 bridgehead atoms. The molecular weight excluding hydrogens is 264 g/mol. The molecule has 4 nitrogen and oxygen atoms in total. The normalized spacial score (nSPS) is 15.1. The minimum atomic E-state index is -0.434. The van der Waals surface area contributed by atoms with Gasteiger partial charge < -0.3 is 15.3 Å². The number of hydrogen-bond acceptors (Lipinski definition) is 3. The minimum Gasteiger partial charge on any atom is -0.388 e. The number of amides is 1. The van der Waals surface area contributed by atoms with Crippen LogP contribution in [-0.4, -0.2) is 30.6 Å². The molecule has 1 aliphatic heterocycles. The lowest BCUT2D eigenvalue weighted by atomic mass is 10.0. The zero-order valence-electron chi connectivity index (χ0n) is 13.1. The molecule has 0 saturated heterocycles. The Hall–Kier alpha value is -1.39. The monoisotopic (exact) mass is 290 g/mol. The van der Waals surface area contributed by atoms with Crippen LogP contribution in [0.3, 0.4) is 0 Å². The van der Waals surface area contributed by atoms with Crippen LogP contribution in [-0.2, 0) is 11.2 Å². The molecule has 1 atom stereocenters. The van der Waals surface area contributed by atoms with Crippen molar-refractivity contribution in [2.24, 2.45) is 0 Å². The maximum Gasteiger partial charge on any atom is 0.223 e. The standard InChI is InChI=1S/C17H26N2O2/c1-3-4-9-18-10-7-17(21)15-5-6-16-14(12-15)8-11-19(16)13(2)20/h5-6,12,17-18,21H,3-4,7-11H2,1-2H3. The number of anilines is 1. The van der Waals surface area contributed by atoms with Crippen LogP contribution in [0, 0.1) is 0 Å². The second-order valence-corrected chi connectivity index (χ2v) is 5.72. The molecule has 0 spiro atoms. The van der Waals surface area contributed by atoms with Gasteiger partial charge in [-0.15, -0.1) is 0 Å². The minimum absolute atomic E-state index is 0.0853. The number of hydrogen-bond donors (Lipinski definition) is 2. The highest BCUT2D eigenvalue weighted by Gasteiger charge is 2.23. The van der Waals surface area contributed by atoms with Crippen LogP contribution in [0.1, 0.15) is 50.3 Å². The molecule has 0 saturated carbocycles. The molecule has 0 aliphatic carbocycles. The number of aliphatic hydroxyl groups excluding tert-OH is 1. The Balaban J connectivity index is 1.91. The highest BCUT2D eigenvalue weighted by Crippen LogP contribution is 2.31. The van der Waals surface area contributed by atoms with E-state index in [4.69, 9.17) is 0 Å². The number of carbonyl (C=O) groups is 1. The first kappa shape index (κ1) is 16.0. The fourth-order valence-electron chi connectivity index (χ4n) is 2.79. The second-order valence-electron chi connectivity index (χ2n) is 5.72. The summed E-state index contributed by atoms with van der Waals surface area (Å²) in [7, 11) is 0. The summed E-state index contributed by atoms with van der Waals surface area (Å²) in [5, 5.41) is 13.6. The number of unbranched alkanes of at least 4 members (excludes halogenated alkanes) is 1. The van der Waals surface area contributed by atoms with Gasteiger partial charge >= 0.3 is 0 Å². The number of carbonyl (C=O) groups excluding carboxylic acids is 1. The van der Waals surface area contributed by atoms with Crippen LogP contribution >= 0.6 is 0 Å². The summed E-state index contributed by atoms with van der Waals surface area (Å²) in [5.41, 5.74) is 3.12. The van der Waals surface area contributed by atoms with E-state index in [1.165, 1.54) is 18.4 Å². The molecule has 1 aromatic carbocycles. The average molecular weight is 290 g/mol. The smallest absolute Gasteiger partial charge is 0.223 e. The first-order valence-electron chi connectivity index (χ1n) is 7.93. The third-order valence-corrected chi connectivity index (χ3v) is 4.07.